The van der Waals surface area contributed by atoms with Crippen molar-refractivity contribution in [2.24, 2.45) is 0 Å². The molecule has 0 fully saturated rings. The van der Waals surface area contributed by atoms with Crippen LogP contribution in [0.2, 0.25) is 0 Å². The number of sulfonamides is 1. The Morgan fingerprint density at radius 3 is 2.67 bits per heavy atom. The second-order valence-corrected chi connectivity index (χ2v) is 9.12. The number of phenolic OH excluding ortho intramolecular Hbond substituents is 1. The van der Waals surface area contributed by atoms with Crippen LogP contribution in [0.5, 0.6) is 5.75 Å². The molecule has 0 radical (unpaired) electrons. The van der Waals surface area contributed by atoms with Crippen molar-refractivity contribution >= 4 is 38.9 Å². The van der Waals surface area contributed by atoms with Crippen LogP contribution in [0.25, 0.3) is 0 Å². The maximum atomic E-state index is 12.5. The molecule has 30 heavy (non-hydrogen) atoms. The van der Waals surface area contributed by atoms with Crippen molar-refractivity contribution in [1.82, 2.24) is 10.6 Å². The number of phenols is 1. The number of aromatic hydroxyl groups is 1. The first kappa shape index (κ1) is 21.4. The lowest BCUT2D eigenvalue weighted by Gasteiger charge is -2.15. The molecule has 2 heterocycles. The van der Waals surface area contributed by atoms with E-state index in [9.17, 15) is 23.1 Å². The van der Waals surface area contributed by atoms with Crippen molar-refractivity contribution in [3.05, 3.63) is 65.4 Å². The lowest BCUT2D eigenvalue weighted by atomic mass is 10.1. The van der Waals surface area contributed by atoms with Gasteiger partial charge in [0.1, 0.15) is 21.8 Å². The van der Waals surface area contributed by atoms with Gasteiger partial charge in [-0.3, -0.25) is 14.3 Å². The summed E-state index contributed by atoms with van der Waals surface area (Å²) in [5.74, 6) is -0.973. The van der Waals surface area contributed by atoms with Crippen molar-refractivity contribution in [2.75, 3.05) is 4.72 Å². The standard InChI is InChI=1S/C19H19N3O6S2/c1-12(18(24)20-11-14-4-2-8-28-14)21-19(25)15-10-13(6-7-16(15)23)22-30(26,27)17-5-3-9-29-17/h2-10,12,22-23H,11H2,1H3,(H,20,24)(H,21,25). The van der Waals surface area contributed by atoms with Crippen LogP contribution < -0.4 is 15.4 Å². The van der Waals surface area contributed by atoms with Gasteiger partial charge in [-0.15, -0.1) is 11.3 Å². The molecule has 4 N–H and O–H groups in total. The van der Waals surface area contributed by atoms with Crippen LogP contribution in [0, 0.1) is 0 Å². The van der Waals surface area contributed by atoms with Gasteiger partial charge in [-0.1, -0.05) is 6.07 Å². The number of rotatable bonds is 8. The van der Waals surface area contributed by atoms with Crippen molar-refractivity contribution in [3.8, 4) is 5.75 Å². The molecular weight excluding hydrogens is 430 g/mol. The second kappa shape index (κ2) is 9.01. The molecule has 3 rings (SSSR count). The zero-order valence-corrected chi connectivity index (χ0v) is 17.4. The number of anilines is 1. The number of hydrogen-bond acceptors (Lipinski definition) is 7. The second-order valence-electron chi connectivity index (χ2n) is 6.26. The summed E-state index contributed by atoms with van der Waals surface area (Å²) >= 11 is 1.05. The van der Waals surface area contributed by atoms with Crippen LogP contribution in [0.15, 0.2) is 62.7 Å². The molecule has 3 aromatic rings. The quantitative estimate of drug-likeness (QED) is 0.389. The van der Waals surface area contributed by atoms with Crippen molar-refractivity contribution in [1.29, 1.82) is 0 Å². The molecule has 1 unspecified atom stereocenters. The zero-order chi connectivity index (χ0) is 21.7. The van der Waals surface area contributed by atoms with E-state index in [1.807, 2.05) is 0 Å². The summed E-state index contributed by atoms with van der Waals surface area (Å²) in [5, 5.41) is 16.7. The van der Waals surface area contributed by atoms with E-state index in [1.54, 1.807) is 23.6 Å². The maximum absolute atomic E-state index is 12.5. The number of amides is 2. The highest BCUT2D eigenvalue weighted by molar-refractivity contribution is 7.94. The SMILES string of the molecule is CC(NC(=O)c1cc(NS(=O)(=O)c2cccs2)ccc1O)C(=O)NCc1ccco1. The molecule has 0 saturated heterocycles. The van der Waals surface area contributed by atoms with Gasteiger partial charge < -0.3 is 20.2 Å². The third-order valence-electron chi connectivity index (χ3n) is 4.01. The first-order valence-corrected chi connectivity index (χ1v) is 11.1. The third kappa shape index (κ3) is 5.19. The van der Waals surface area contributed by atoms with E-state index in [4.69, 9.17) is 4.42 Å². The van der Waals surface area contributed by atoms with Crippen LogP contribution in [0.1, 0.15) is 23.0 Å². The van der Waals surface area contributed by atoms with Gasteiger partial charge in [-0.05, 0) is 48.7 Å². The van der Waals surface area contributed by atoms with Gasteiger partial charge in [0.15, 0.2) is 0 Å². The minimum Gasteiger partial charge on any atom is -0.507 e. The highest BCUT2D eigenvalue weighted by Gasteiger charge is 2.21. The minimum absolute atomic E-state index is 0.0984. The summed E-state index contributed by atoms with van der Waals surface area (Å²) in [7, 11) is -3.81. The summed E-state index contributed by atoms with van der Waals surface area (Å²) in [6.07, 6.45) is 1.48. The third-order valence-corrected chi connectivity index (χ3v) is 6.79. The number of thiophene rings is 1. The Balaban J connectivity index is 1.66. The molecular formula is C19H19N3O6S2. The summed E-state index contributed by atoms with van der Waals surface area (Å²) in [4.78, 5) is 24.7. The zero-order valence-electron chi connectivity index (χ0n) is 15.8. The predicted octanol–water partition coefficient (Wildman–Crippen LogP) is 2.28. The fraction of sp³-hybridized carbons (Fsp3) is 0.158. The van der Waals surface area contributed by atoms with Crippen LogP contribution in [-0.2, 0) is 21.4 Å². The summed E-state index contributed by atoms with van der Waals surface area (Å²) < 4.78 is 32.3. The maximum Gasteiger partial charge on any atom is 0.271 e. The molecule has 2 aromatic heterocycles. The number of hydrogen-bond donors (Lipinski definition) is 4. The number of benzene rings is 1. The molecule has 1 atom stereocenters. The van der Waals surface area contributed by atoms with Crippen LogP contribution in [-0.4, -0.2) is 31.4 Å². The molecule has 2 amide bonds. The average molecular weight is 450 g/mol. The van der Waals surface area contributed by atoms with E-state index < -0.39 is 27.9 Å². The van der Waals surface area contributed by atoms with E-state index in [-0.39, 0.29) is 27.8 Å². The van der Waals surface area contributed by atoms with E-state index in [0.717, 1.165) is 11.3 Å². The molecule has 1 aromatic carbocycles. The van der Waals surface area contributed by atoms with Crippen LogP contribution in [0.3, 0.4) is 0 Å². The molecule has 0 bridgehead atoms. The van der Waals surface area contributed by atoms with E-state index >= 15 is 0 Å². The van der Waals surface area contributed by atoms with Gasteiger partial charge in [-0.2, -0.15) is 0 Å². The average Bonchev–Trinajstić information content (AvgIpc) is 3.41. The molecule has 0 saturated carbocycles. The van der Waals surface area contributed by atoms with Gasteiger partial charge in [-0.25, -0.2) is 8.42 Å². The lowest BCUT2D eigenvalue weighted by molar-refractivity contribution is -0.122. The lowest BCUT2D eigenvalue weighted by Crippen LogP contribution is -2.44. The monoisotopic (exact) mass is 449 g/mol. The number of furan rings is 1. The number of carbonyl (C=O) groups excluding carboxylic acids is 2. The highest BCUT2D eigenvalue weighted by Crippen LogP contribution is 2.25. The molecule has 0 aliphatic heterocycles. The predicted molar refractivity (Wildman–Crippen MR) is 111 cm³/mol. The van der Waals surface area contributed by atoms with Gasteiger partial charge in [0.2, 0.25) is 5.91 Å². The fourth-order valence-corrected chi connectivity index (χ4v) is 4.53. The molecule has 9 nitrogen and oxygen atoms in total. The van der Waals surface area contributed by atoms with Gasteiger partial charge >= 0.3 is 0 Å². The highest BCUT2D eigenvalue weighted by atomic mass is 32.2. The smallest absolute Gasteiger partial charge is 0.271 e. The Morgan fingerprint density at radius 2 is 2.00 bits per heavy atom. The van der Waals surface area contributed by atoms with Crippen molar-refractivity contribution < 1.29 is 27.5 Å². The first-order valence-electron chi connectivity index (χ1n) is 8.76. The van der Waals surface area contributed by atoms with E-state index in [1.165, 1.54) is 37.5 Å². The summed E-state index contributed by atoms with van der Waals surface area (Å²) in [6, 6.07) is 9.26. The summed E-state index contributed by atoms with van der Waals surface area (Å²) in [6.45, 7) is 1.65. The Morgan fingerprint density at radius 1 is 1.20 bits per heavy atom. The molecule has 0 spiro atoms. The van der Waals surface area contributed by atoms with E-state index in [2.05, 4.69) is 15.4 Å². The Kier molecular flexibility index (Phi) is 6.43. The van der Waals surface area contributed by atoms with Crippen LogP contribution in [0.4, 0.5) is 5.69 Å². The van der Waals surface area contributed by atoms with Crippen molar-refractivity contribution in [2.45, 2.75) is 23.7 Å². The normalized spacial score (nSPS) is 12.2. The largest absolute Gasteiger partial charge is 0.507 e. The minimum atomic E-state index is -3.81. The number of nitrogens with one attached hydrogen (secondary N) is 3. The fourth-order valence-electron chi connectivity index (χ4n) is 2.48. The Hall–Kier alpha value is -3.31. The summed E-state index contributed by atoms with van der Waals surface area (Å²) in [5.41, 5.74) is -0.0756. The Bertz CT molecular complexity index is 1130. The molecule has 11 heteroatoms. The van der Waals surface area contributed by atoms with E-state index in [0.29, 0.717) is 5.76 Å². The van der Waals surface area contributed by atoms with Gasteiger partial charge in [0, 0.05) is 5.69 Å². The van der Waals surface area contributed by atoms with Gasteiger partial charge in [0.05, 0.1) is 18.4 Å². The molecule has 0 aliphatic rings. The first-order chi connectivity index (χ1) is 14.3. The topological polar surface area (TPSA) is 138 Å². The van der Waals surface area contributed by atoms with Crippen LogP contribution >= 0.6 is 11.3 Å². The van der Waals surface area contributed by atoms with Gasteiger partial charge in [0.25, 0.3) is 15.9 Å². The molecule has 0 aliphatic carbocycles. The van der Waals surface area contributed by atoms with Crippen molar-refractivity contribution in [3.63, 3.8) is 0 Å². The Labute approximate surface area is 176 Å². The number of carbonyl (C=O) groups is 2. The molecule has 158 valence electrons.